The topological polar surface area (TPSA) is 26.0 Å². The minimum absolute atomic E-state index is 0.0583. The van der Waals surface area contributed by atoms with Crippen LogP contribution < -0.4 is 5.73 Å². The molecule has 0 radical (unpaired) electrons. The lowest BCUT2D eigenvalue weighted by atomic mass is 9.83. The Morgan fingerprint density at radius 1 is 0.846 bits per heavy atom. The van der Waals surface area contributed by atoms with Crippen molar-refractivity contribution < 1.29 is 4.39 Å². The van der Waals surface area contributed by atoms with Crippen LogP contribution in [0.4, 0.5) is 10.1 Å². The Labute approximate surface area is 76.7 Å². The van der Waals surface area contributed by atoms with Gasteiger partial charge < -0.3 is 5.73 Å². The molecule has 1 aromatic carbocycles. The van der Waals surface area contributed by atoms with Gasteiger partial charge in [0, 0.05) is 5.69 Å². The summed E-state index contributed by atoms with van der Waals surface area (Å²) in [5.41, 5.74) is 10.9. The van der Waals surface area contributed by atoms with Crippen molar-refractivity contribution >= 4 is 5.69 Å². The molecular formula is C11H12FN. The molecule has 13 heavy (non-hydrogen) atoms. The lowest BCUT2D eigenvalue weighted by Gasteiger charge is -2.24. The maximum Gasteiger partial charge on any atom is 0.130 e. The molecule has 0 amide bonds. The first-order chi connectivity index (χ1) is 6.29. The van der Waals surface area contributed by atoms with E-state index in [9.17, 15) is 4.39 Å². The van der Waals surface area contributed by atoms with Crippen molar-refractivity contribution in [3.63, 3.8) is 0 Å². The normalized spacial score (nSPS) is 17.9. The van der Waals surface area contributed by atoms with Gasteiger partial charge in [0.1, 0.15) is 5.82 Å². The number of anilines is 1. The summed E-state index contributed by atoms with van der Waals surface area (Å²) in [5.74, 6) is 0.0583. The molecule has 0 atom stereocenters. The van der Waals surface area contributed by atoms with Crippen molar-refractivity contribution in [3.8, 4) is 0 Å². The molecule has 2 aliphatic carbocycles. The Morgan fingerprint density at radius 2 is 1.38 bits per heavy atom. The van der Waals surface area contributed by atoms with Gasteiger partial charge in [-0.15, -0.1) is 0 Å². The van der Waals surface area contributed by atoms with Gasteiger partial charge in [0.25, 0.3) is 0 Å². The Morgan fingerprint density at radius 3 is 2.08 bits per heavy atom. The number of nitrogens with two attached hydrogens (primary N) is 1. The number of benzene rings is 1. The molecular weight excluding hydrogens is 165 g/mol. The van der Waals surface area contributed by atoms with Crippen molar-refractivity contribution in [2.24, 2.45) is 0 Å². The maximum atomic E-state index is 13.7. The summed E-state index contributed by atoms with van der Waals surface area (Å²) < 4.78 is 13.7. The fourth-order valence-corrected chi connectivity index (χ4v) is 2.56. The van der Waals surface area contributed by atoms with E-state index in [0.717, 1.165) is 60.0 Å². The molecule has 0 saturated heterocycles. The van der Waals surface area contributed by atoms with Crippen LogP contribution in [0.3, 0.4) is 0 Å². The number of nitrogen functional groups attached to an aromatic ring is 1. The van der Waals surface area contributed by atoms with E-state index >= 15 is 0 Å². The summed E-state index contributed by atoms with van der Waals surface area (Å²) in [6, 6.07) is 0. The van der Waals surface area contributed by atoms with E-state index in [-0.39, 0.29) is 5.82 Å². The molecule has 0 aliphatic heterocycles. The van der Waals surface area contributed by atoms with E-state index in [0.29, 0.717) is 0 Å². The van der Waals surface area contributed by atoms with Gasteiger partial charge in [-0.3, -0.25) is 0 Å². The number of fused-ring (bicyclic) bond motifs is 2. The highest BCUT2D eigenvalue weighted by Crippen LogP contribution is 2.40. The first-order valence-electron chi connectivity index (χ1n) is 4.89. The smallest absolute Gasteiger partial charge is 0.130 e. The van der Waals surface area contributed by atoms with Gasteiger partial charge in [0.15, 0.2) is 0 Å². The van der Waals surface area contributed by atoms with Crippen molar-refractivity contribution in [1.29, 1.82) is 0 Å². The predicted molar refractivity (Wildman–Crippen MR) is 50.2 cm³/mol. The van der Waals surface area contributed by atoms with Gasteiger partial charge in [-0.2, -0.15) is 0 Å². The van der Waals surface area contributed by atoms with E-state index in [4.69, 9.17) is 5.73 Å². The van der Waals surface area contributed by atoms with Crippen molar-refractivity contribution in [3.05, 3.63) is 28.1 Å². The van der Waals surface area contributed by atoms with Crippen LogP contribution in [0.25, 0.3) is 0 Å². The second kappa shape index (κ2) is 2.25. The molecule has 0 fully saturated rings. The van der Waals surface area contributed by atoms with E-state index in [2.05, 4.69) is 0 Å². The van der Waals surface area contributed by atoms with E-state index in [1.54, 1.807) is 0 Å². The Bertz CT molecular complexity index is 359. The minimum atomic E-state index is 0.0583. The third-order valence-corrected chi connectivity index (χ3v) is 3.39. The second-order valence-electron chi connectivity index (χ2n) is 4.00. The monoisotopic (exact) mass is 177 g/mol. The maximum absolute atomic E-state index is 13.7. The first-order valence-corrected chi connectivity index (χ1v) is 4.89. The highest BCUT2D eigenvalue weighted by molar-refractivity contribution is 5.65. The zero-order valence-electron chi connectivity index (χ0n) is 7.49. The molecule has 1 nitrogen and oxygen atoms in total. The van der Waals surface area contributed by atoms with E-state index < -0.39 is 0 Å². The molecule has 0 unspecified atom stereocenters. The van der Waals surface area contributed by atoms with Crippen molar-refractivity contribution in [1.82, 2.24) is 0 Å². The summed E-state index contributed by atoms with van der Waals surface area (Å²) in [6.07, 6.45) is 4.80. The molecule has 0 bridgehead atoms. The molecule has 0 aromatic heterocycles. The lowest BCUT2D eigenvalue weighted by molar-refractivity contribution is 0.576. The summed E-state index contributed by atoms with van der Waals surface area (Å²) in [7, 11) is 0. The van der Waals surface area contributed by atoms with Crippen LogP contribution in [0.2, 0.25) is 0 Å². The Hall–Kier alpha value is -1.05. The molecule has 0 saturated carbocycles. The zero-order chi connectivity index (χ0) is 9.00. The van der Waals surface area contributed by atoms with Gasteiger partial charge in [0.05, 0.1) is 0 Å². The molecule has 68 valence electrons. The number of halogens is 1. The molecule has 1 aromatic rings. The number of hydrogen-bond acceptors (Lipinski definition) is 1. The Kier molecular flexibility index (Phi) is 1.27. The highest BCUT2D eigenvalue weighted by Gasteiger charge is 2.29. The van der Waals surface area contributed by atoms with Crippen molar-refractivity contribution in [2.75, 3.05) is 5.73 Å². The van der Waals surface area contributed by atoms with Crippen molar-refractivity contribution in [2.45, 2.75) is 32.1 Å². The summed E-state index contributed by atoms with van der Waals surface area (Å²) in [6.45, 7) is 0. The number of rotatable bonds is 0. The molecule has 0 heterocycles. The fourth-order valence-electron chi connectivity index (χ4n) is 2.56. The molecule has 0 spiro atoms. The predicted octanol–water partition coefficient (Wildman–Crippen LogP) is 2.00. The van der Waals surface area contributed by atoms with Gasteiger partial charge in [-0.25, -0.2) is 4.39 Å². The third kappa shape index (κ3) is 0.761. The largest absolute Gasteiger partial charge is 0.398 e. The van der Waals surface area contributed by atoms with Crippen LogP contribution in [0.5, 0.6) is 0 Å². The molecule has 3 rings (SSSR count). The highest BCUT2D eigenvalue weighted by atomic mass is 19.1. The quantitative estimate of drug-likeness (QED) is 0.602. The van der Waals surface area contributed by atoms with Gasteiger partial charge >= 0.3 is 0 Å². The lowest BCUT2D eigenvalue weighted by Crippen LogP contribution is -2.17. The molecule has 2 heteroatoms. The van der Waals surface area contributed by atoms with Gasteiger partial charge in [-0.1, -0.05) is 0 Å². The third-order valence-electron chi connectivity index (χ3n) is 3.39. The van der Waals surface area contributed by atoms with Crippen LogP contribution in [0.15, 0.2) is 0 Å². The summed E-state index contributed by atoms with van der Waals surface area (Å²) in [4.78, 5) is 0. The van der Waals surface area contributed by atoms with Crippen LogP contribution in [-0.2, 0) is 25.7 Å². The average molecular weight is 177 g/mol. The van der Waals surface area contributed by atoms with Crippen LogP contribution in [0, 0.1) is 5.82 Å². The zero-order valence-corrected chi connectivity index (χ0v) is 7.49. The van der Waals surface area contributed by atoms with E-state index in [1.165, 1.54) is 0 Å². The Balaban J connectivity index is 2.35. The minimum Gasteiger partial charge on any atom is -0.398 e. The fraction of sp³-hybridized carbons (Fsp3) is 0.455. The van der Waals surface area contributed by atoms with Crippen LogP contribution in [-0.4, -0.2) is 0 Å². The molecule has 2 N–H and O–H groups in total. The van der Waals surface area contributed by atoms with Gasteiger partial charge in [-0.05, 0) is 54.4 Å². The average Bonchev–Trinajstić information content (AvgIpc) is 2.47. The second-order valence-corrected chi connectivity index (χ2v) is 4.00. The summed E-state index contributed by atoms with van der Waals surface area (Å²) in [5, 5.41) is 0. The van der Waals surface area contributed by atoms with Crippen LogP contribution >= 0.6 is 0 Å². The SMILES string of the molecule is Nc1c2c(c(F)c3c1CC3)CCC2. The summed E-state index contributed by atoms with van der Waals surface area (Å²) >= 11 is 0. The number of hydrogen-bond donors (Lipinski definition) is 1. The standard InChI is InChI=1S/C11H12FN/c12-10-6-2-1-3-8(6)11(13)9-5-4-7(9)10/h1-5,13H2. The first kappa shape index (κ1) is 7.36. The molecule has 2 aliphatic rings. The van der Waals surface area contributed by atoms with Gasteiger partial charge in [0.2, 0.25) is 0 Å². The van der Waals surface area contributed by atoms with Crippen LogP contribution in [0.1, 0.15) is 28.7 Å². The van der Waals surface area contributed by atoms with E-state index in [1.807, 2.05) is 0 Å².